The monoisotopic (exact) mass is 146 g/mol. The molecule has 9 heavy (non-hydrogen) atoms. The Morgan fingerprint density at radius 1 is 1.78 bits per heavy atom. The van der Waals surface area contributed by atoms with E-state index >= 15 is 0 Å². The molecule has 0 aliphatic rings. The SMILES string of the molecule is C=CCOC(=O)CCS. The molecule has 0 rings (SSSR count). The van der Waals surface area contributed by atoms with Crippen molar-refractivity contribution in [2.45, 2.75) is 6.42 Å². The van der Waals surface area contributed by atoms with Gasteiger partial charge in [0.2, 0.25) is 0 Å². The summed E-state index contributed by atoms with van der Waals surface area (Å²) in [6.45, 7) is 3.69. The zero-order valence-electron chi connectivity index (χ0n) is 5.17. The fraction of sp³-hybridized carbons (Fsp3) is 0.500. The predicted molar refractivity (Wildman–Crippen MR) is 39.6 cm³/mol. The number of carbonyl (C=O) groups is 1. The molecule has 0 aliphatic carbocycles. The fourth-order valence-electron chi connectivity index (χ4n) is 0.315. The third kappa shape index (κ3) is 5.43. The van der Waals surface area contributed by atoms with Crippen molar-refractivity contribution in [3.63, 3.8) is 0 Å². The van der Waals surface area contributed by atoms with Crippen LogP contribution in [0, 0.1) is 0 Å². The molecule has 0 fully saturated rings. The zero-order valence-corrected chi connectivity index (χ0v) is 6.06. The van der Waals surface area contributed by atoms with Gasteiger partial charge in [-0.05, 0) is 0 Å². The number of carbonyl (C=O) groups excluding carboxylic acids is 1. The van der Waals surface area contributed by atoms with Crippen molar-refractivity contribution >= 4 is 18.6 Å². The molecule has 0 atom stereocenters. The fourth-order valence-corrected chi connectivity index (χ4v) is 0.498. The molecule has 0 amide bonds. The van der Waals surface area contributed by atoms with Gasteiger partial charge in [0, 0.05) is 5.75 Å². The average Bonchev–Trinajstić information content (AvgIpc) is 1.85. The summed E-state index contributed by atoms with van der Waals surface area (Å²) in [7, 11) is 0. The van der Waals surface area contributed by atoms with Crippen molar-refractivity contribution in [2.75, 3.05) is 12.4 Å². The summed E-state index contributed by atoms with van der Waals surface area (Å²) in [6, 6.07) is 0. The van der Waals surface area contributed by atoms with E-state index in [1.54, 1.807) is 0 Å². The molecular weight excluding hydrogens is 136 g/mol. The minimum absolute atomic E-state index is 0.218. The summed E-state index contributed by atoms with van der Waals surface area (Å²) < 4.78 is 4.63. The molecule has 0 aromatic carbocycles. The minimum Gasteiger partial charge on any atom is -0.461 e. The highest BCUT2D eigenvalue weighted by Crippen LogP contribution is 1.88. The normalized spacial score (nSPS) is 8.56. The van der Waals surface area contributed by atoms with E-state index in [-0.39, 0.29) is 5.97 Å². The largest absolute Gasteiger partial charge is 0.461 e. The third-order valence-electron chi connectivity index (χ3n) is 0.678. The maximum Gasteiger partial charge on any atom is 0.306 e. The van der Waals surface area contributed by atoms with Gasteiger partial charge in [0.1, 0.15) is 6.61 Å². The Bertz CT molecular complexity index is 101. The Kier molecular flexibility index (Phi) is 5.41. The van der Waals surface area contributed by atoms with Crippen molar-refractivity contribution < 1.29 is 9.53 Å². The van der Waals surface area contributed by atoms with E-state index in [1.165, 1.54) is 6.08 Å². The number of thiol groups is 1. The molecule has 0 aliphatic heterocycles. The van der Waals surface area contributed by atoms with Gasteiger partial charge in [-0.3, -0.25) is 4.79 Å². The van der Waals surface area contributed by atoms with E-state index in [2.05, 4.69) is 23.9 Å². The molecule has 0 aromatic rings. The van der Waals surface area contributed by atoms with Crippen LogP contribution < -0.4 is 0 Å². The van der Waals surface area contributed by atoms with Gasteiger partial charge in [-0.15, -0.1) is 0 Å². The van der Waals surface area contributed by atoms with Crippen molar-refractivity contribution in [3.05, 3.63) is 12.7 Å². The second-order valence-corrected chi connectivity index (χ2v) is 1.89. The van der Waals surface area contributed by atoms with Crippen LogP contribution in [-0.4, -0.2) is 18.3 Å². The first-order chi connectivity index (χ1) is 4.31. The molecule has 0 unspecified atom stereocenters. The van der Waals surface area contributed by atoms with Gasteiger partial charge in [-0.1, -0.05) is 12.7 Å². The number of esters is 1. The van der Waals surface area contributed by atoms with Crippen molar-refractivity contribution in [1.29, 1.82) is 0 Å². The quantitative estimate of drug-likeness (QED) is 0.364. The lowest BCUT2D eigenvalue weighted by atomic mass is 10.5. The van der Waals surface area contributed by atoms with Crippen molar-refractivity contribution in [1.82, 2.24) is 0 Å². The van der Waals surface area contributed by atoms with Crippen LogP contribution in [0.25, 0.3) is 0 Å². The molecular formula is C6H10O2S. The van der Waals surface area contributed by atoms with Gasteiger partial charge in [0.05, 0.1) is 6.42 Å². The van der Waals surface area contributed by atoms with Gasteiger partial charge in [-0.25, -0.2) is 0 Å². The number of hydrogen-bond donors (Lipinski definition) is 1. The Balaban J connectivity index is 3.16. The molecule has 0 N–H and O–H groups in total. The maximum atomic E-state index is 10.5. The van der Waals surface area contributed by atoms with Crippen molar-refractivity contribution in [2.24, 2.45) is 0 Å². The Labute approximate surface area is 60.3 Å². The lowest BCUT2D eigenvalue weighted by Gasteiger charge is -1.96. The summed E-state index contributed by atoms with van der Waals surface area (Å²) in [5, 5.41) is 0. The van der Waals surface area contributed by atoms with Crippen LogP contribution in [0.4, 0.5) is 0 Å². The molecule has 0 saturated carbocycles. The van der Waals surface area contributed by atoms with E-state index in [1.807, 2.05) is 0 Å². The smallest absolute Gasteiger partial charge is 0.306 e. The highest BCUT2D eigenvalue weighted by atomic mass is 32.1. The van der Waals surface area contributed by atoms with E-state index in [0.29, 0.717) is 18.8 Å². The first-order valence-electron chi connectivity index (χ1n) is 2.68. The summed E-state index contributed by atoms with van der Waals surface area (Å²) in [6.07, 6.45) is 1.91. The molecule has 0 radical (unpaired) electrons. The first-order valence-corrected chi connectivity index (χ1v) is 3.32. The molecule has 0 aromatic heterocycles. The maximum absolute atomic E-state index is 10.5. The predicted octanol–water partition coefficient (Wildman–Crippen LogP) is 1.04. The van der Waals surface area contributed by atoms with Gasteiger partial charge in [0.15, 0.2) is 0 Å². The number of rotatable bonds is 4. The Hall–Kier alpha value is -0.440. The van der Waals surface area contributed by atoms with E-state index in [0.717, 1.165) is 0 Å². The van der Waals surface area contributed by atoms with Crippen LogP contribution in [0.2, 0.25) is 0 Å². The van der Waals surface area contributed by atoms with Gasteiger partial charge in [0.25, 0.3) is 0 Å². The van der Waals surface area contributed by atoms with E-state index < -0.39 is 0 Å². The molecule has 0 heterocycles. The Morgan fingerprint density at radius 3 is 2.89 bits per heavy atom. The molecule has 0 bridgehead atoms. The second-order valence-electron chi connectivity index (χ2n) is 1.45. The zero-order chi connectivity index (χ0) is 7.11. The molecule has 0 saturated heterocycles. The third-order valence-corrected chi connectivity index (χ3v) is 0.902. The second kappa shape index (κ2) is 5.69. The highest BCUT2D eigenvalue weighted by molar-refractivity contribution is 7.80. The summed E-state index contributed by atoms with van der Waals surface area (Å²) in [5.74, 6) is 0.320. The van der Waals surface area contributed by atoms with Crippen molar-refractivity contribution in [3.8, 4) is 0 Å². The summed E-state index contributed by atoms with van der Waals surface area (Å²) >= 11 is 3.86. The summed E-state index contributed by atoms with van der Waals surface area (Å²) in [5.41, 5.74) is 0. The van der Waals surface area contributed by atoms with E-state index in [4.69, 9.17) is 0 Å². The van der Waals surface area contributed by atoms with Crippen LogP contribution >= 0.6 is 12.6 Å². The summed E-state index contributed by atoms with van der Waals surface area (Å²) in [4.78, 5) is 10.5. The lowest BCUT2D eigenvalue weighted by molar-refractivity contribution is -0.141. The van der Waals surface area contributed by atoms with Crippen LogP contribution in [0.15, 0.2) is 12.7 Å². The number of ether oxygens (including phenoxy) is 1. The van der Waals surface area contributed by atoms with Gasteiger partial charge < -0.3 is 4.74 Å². The van der Waals surface area contributed by atoms with Crippen LogP contribution in [0.5, 0.6) is 0 Å². The topological polar surface area (TPSA) is 26.3 Å². The van der Waals surface area contributed by atoms with Crippen LogP contribution in [0.1, 0.15) is 6.42 Å². The standard InChI is InChI=1S/C6H10O2S/c1-2-4-8-6(7)3-5-9/h2,9H,1,3-5H2. The van der Waals surface area contributed by atoms with E-state index in [9.17, 15) is 4.79 Å². The van der Waals surface area contributed by atoms with Gasteiger partial charge >= 0.3 is 5.97 Å². The highest BCUT2D eigenvalue weighted by Gasteiger charge is 1.96. The first kappa shape index (κ1) is 8.56. The average molecular weight is 146 g/mol. The molecule has 2 nitrogen and oxygen atoms in total. The van der Waals surface area contributed by atoms with Gasteiger partial charge in [-0.2, -0.15) is 12.6 Å². The molecule has 3 heteroatoms. The number of hydrogen-bond acceptors (Lipinski definition) is 3. The molecule has 0 spiro atoms. The van der Waals surface area contributed by atoms with Crippen LogP contribution in [0.3, 0.4) is 0 Å². The minimum atomic E-state index is -0.218. The Morgan fingerprint density at radius 2 is 2.44 bits per heavy atom. The molecule has 52 valence electrons. The lowest BCUT2D eigenvalue weighted by Crippen LogP contribution is -2.04. The van der Waals surface area contributed by atoms with Crippen LogP contribution in [-0.2, 0) is 9.53 Å².